The fourth-order valence-corrected chi connectivity index (χ4v) is 4.58. The normalized spacial score (nSPS) is 11.6. The van der Waals surface area contributed by atoms with Gasteiger partial charge in [-0.25, -0.2) is 9.18 Å². The Bertz CT molecular complexity index is 1520. The average Bonchev–Trinajstić information content (AvgIpc) is 3.35. The van der Waals surface area contributed by atoms with E-state index in [1.54, 1.807) is 35.0 Å². The second-order valence-corrected chi connectivity index (χ2v) is 8.09. The number of aromatic amines is 1. The lowest BCUT2D eigenvalue weighted by Crippen LogP contribution is -2.18. The van der Waals surface area contributed by atoms with Crippen LogP contribution in [0, 0.1) is 5.82 Å². The van der Waals surface area contributed by atoms with Crippen molar-refractivity contribution in [1.29, 1.82) is 0 Å². The second-order valence-electron chi connectivity index (χ2n) is 7.24. The van der Waals surface area contributed by atoms with Gasteiger partial charge in [-0.1, -0.05) is 6.92 Å². The topological polar surface area (TPSA) is 81.4 Å². The van der Waals surface area contributed by atoms with Crippen molar-refractivity contribution in [3.05, 3.63) is 65.0 Å². The molecule has 1 N–H and O–H groups in total. The third-order valence-electron chi connectivity index (χ3n) is 5.40. The Hall–Kier alpha value is -3.46. The van der Waals surface area contributed by atoms with Gasteiger partial charge in [0.05, 0.1) is 40.8 Å². The number of aromatic nitrogens is 6. The number of hydrogen-bond donors (Lipinski definition) is 1. The van der Waals surface area contributed by atoms with Crippen molar-refractivity contribution in [2.75, 3.05) is 6.26 Å². The monoisotopic (exact) mass is 434 g/mol. The van der Waals surface area contributed by atoms with Crippen LogP contribution in [0.3, 0.4) is 0 Å². The smallest absolute Gasteiger partial charge is 0.304 e. The number of thioether (sulfide) groups is 1. The summed E-state index contributed by atoms with van der Waals surface area (Å²) in [6.07, 6.45) is 10.6. The molecule has 31 heavy (non-hydrogen) atoms. The van der Waals surface area contributed by atoms with Crippen molar-refractivity contribution in [3.63, 3.8) is 0 Å². The zero-order chi connectivity index (χ0) is 21.7. The van der Waals surface area contributed by atoms with Crippen LogP contribution in [0.25, 0.3) is 38.8 Å². The van der Waals surface area contributed by atoms with Gasteiger partial charge in [0.15, 0.2) is 5.82 Å². The van der Waals surface area contributed by atoms with E-state index < -0.39 is 11.5 Å². The number of pyridine rings is 2. The Morgan fingerprint density at radius 3 is 2.74 bits per heavy atom. The number of benzene rings is 1. The van der Waals surface area contributed by atoms with Gasteiger partial charge in [-0.15, -0.1) is 11.8 Å². The van der Waals surface area contributed by atoms with Crippen LogP contribution in [0.1, 0.15) is 12.5 Å². The van der Waals surface area contributed by atoms with Gasteiger partial charge in [0.2, 0.25) is 0 Å². The number of fused-ring (bicyclic) bond motifs is 3. The molecule has 0 saturated heterocycles. The number of hydrogen-bond acceptors (Lipinski definition) is 5. The number of halogens is 1. The van der Waals surface area contributed by atoms with E-state index in [0.29, 0.717) is 23.0 Å². The van der Waals surface area contributed by atoms with Crippen molar-refractivity contribution in [2.24, 2.45) is 7.05 Å². The molecule has 7 nitrogen and oxygen atoms in total. The molecule has 0 spiro atoms. The molecule has 4 heterocycles. The fourth-order valence-electron chi connectivity index (χ4n) is 3.96. The molecule has 0 aliphatic heterocycles. The molecule has 0 atom stereocenters. The molecule has 0 fully saturated rings. The van der Waals surface area contributed by atoms with Crippen molar-refractivity contribution in [2.45, 2.75) is 18.2 Å². The highest BCUT2D eigenvalue weighted by molar-refractivity contribution is 7.98. The molecule has 5 aromatic rings. The number of imidazole rings is 1. The van der Waals surface area contributed by atoms with Crippen LogP contribution in [0.4, 0.5) is 4.39 Å². The summed E-state index contributed by atoms with van der Waals surface area (Å²) >= 11 is 1.61. The number of H-pyrrole nitrogens is 1. The van der Waals surface area contributed by atoms with E-state index >= 15 is 0 Å². The van der Waals surface area contributed by atoms with Crippen LogP contribution < -0.4 is 5.69 Å². The predicted octanol–water partition coefficient (Wildman–Crippen LogP) is 4.09. The third kappa shape index (κ3) is 3.04. The van der Waals surface area contributed by atoms with Gasteiger partial charge in [-0.2, -0.15) is 5.10 Å². The van der Waals surface area contributed by atoms with Gasteiger partial charge in [-0.3, -0.25) is 19.2 Å². The molecule has 156 valence electrons. The molecular weight excluding hydrogens is 415 g/mol. The largest absolute Gasteiger partial charge is 0.331 e. The van der Waals surface area contributed by atoms with E-state index in [9.17, 15) is 9.18 Å². The predicted molar refractivity (Wildman–Crippen MR) is 120 cm³/mol. The van der Waals surface area contributed by atoms with E-state index in [0.717, 1.165) is 33.1 Å². The molecule has 0 unspecified atom stereocenters. The van der Waals surface area contributed by atoms with Crippen molar-refractivity contribution >= 4 is 33.7 Å². The first kappa shape index (κ1) is 19.5. The molecule has 0 bridgehead atoms. The molecular formula is C22H19FN6OS. The minimum atomic E-state index is -0.541. The first-order valence-electron chi connectivity index (χ1n) is 9.75. The number of rotatable bonds is 4. The van der Waals surface area contributed by atoms with Gasteiger partial charge in [-0.05, 0) is 35.9 Å². The highest BCUT2D eigenvalue weighted by Gasteiger charge is 2.20. The van der Waals surface area contributed by atoms with Gasteiger partial charge < -0.3 is 4.98 Å². The number of nitrogens with one attached hydrogen (secondary N) is 1. The average molecular weight is 435 g/mol. The summed E-state index contributed by atoms with van der Waals surface area (Å²) in [7, 11) is 1.87. The van der Waals surface area contributed by atoms with Crippen LogP contribution in [0.5, 0.6) is 0 Å². The van der Waals surface area contributed by atoms with Crippen LogP contribution in [-0.2, 0) is 13.5 Å². The third-order valence-corrected chi connectivity index (χ3v) is 6.18. The van der Waals surface area contributed by atoms with E-state index in [4.69, 9.17) is 0 Å². The maximum absolute atomic E-state index is 14.9. The molecule has 9 heteroatoms. The van der Waals surface area contributed by atoms with Crippen LogP contribution >= 0.6 is 11.8 Å². The van der Waals surface area contributed by atoms with E-state index in [-0.39, 0.29) is 5.69 Å². The Morgan fingerprint density at radius 1 is 1.19 bits per heavy atom. The Labute approximate surface area is 181 Å². The van der Waals surface area contributed by atoms with E-state index in [1.165, 1.54) is 4.57 Å². The highest BCUT2D eigenvalue weighted by Crippen LogP contribution is 2.36. The summed E-state index contributed by atoms with van der Waals surface area (Å²) in [6.45, 7) is 1.91. The molecule has 0 amide bonds. The zero-order valence-electron chi connectivity index (χ0n) is 17.2. The van der Waals surface area contributed by atoms with E-state index in [2.05, 4.69) is 20.1 Å². The minimum absolute atomic E-state index is 0.220. The second kappa shape index (κ2) is 7.35. The van der Waals surface area contributed by atoms with Crippen LogP contribution in [-0.4, -0.2) is 35.6 Å². The lowest BCUT2D eigenvalue weighted by atomic mass is 10.0. The van der Waals surface area contributed by atoms with Gasteiger partial charge in [0.25, 0.3) is 0 Å². The lowest BCUT2D eigenvalue weighted by Gasteiger charge is -2.13. The number of aryl methyl sites for hydroxylation is 2. The molecule has 0 radical (unpaired) electrons. The molecule has 4 aromatic heterocycles. The maximum atomic E-state index is 14.9. The lowest BCUT2D eigenvalue weighted by molar-refractivity contribution is 0.608. The van der Waals surface area contributed by atoms with Crippen LogP contribution in [0.2, 0.25) is 0 Å². The first-order chi connectivity index (χ1) is 15.0. The zero-order valence-corrected chi connectivity index (χ0v) is 18.0. The summed E-state index contributed by atoms with van der Waals surface area (Å²) in [4.78, 5) is 25.3. The minimum Gasteiger partial charge on any atom is -0.304 e. The summed E-state index contributed by atoms with van der Waals surface area (Å²) in [5.74, 6) is -0.541. The first-order valence-corrected chi connectivity index (χ1v) is 11.0. The Morgan fingerprint density at radius 2 is 2.03 bits per heavy atom. The molecule has 1 aromatic carbocycles. The standard InChI is InChI=1S/C22H19FN6OS/c1-4-12-7-24-9-16(23)20(12)29-21-15-5-14(13-8-26-28(2)11-13)19(31-3)6-17(15)25-10-18(21)27-22(29)30/h5-11H,4H2,1-3H3,(H,27,30). The van der Waals surface area contributed by atoms with Crippen molar-refractivity contribution < 1.29 is 4.39 Å². The molecule has 5 rings (SSSR count). The maximum Gasteiger partial charge on any atom is 0.331 e. The van der Waals surface area contributed by atoms with Gasteiger partial charge >= 0.3 is 5.69 Å². The highest BCUT2D eigenvalue weighted by atomic mass is 32.2. The summed E-state index contributed by atoms with van der Waals surface area (Å²) in [5, 5.41) is 5.04. The quantitative estimate of drug-likeness (QED) is 0.431. The molecule has 0 aliphatic carbocycles. The van der Waals surface area contributed by atoms with Crippen molar-refractivity contribution in [1.82, 2.24) is 29.3 Å². The Kier molecular flexibility index (Phi) is 4.62. The number of nitrogens with zero attached hydrogens (tertiary/aromatic N) is 5. The Balaban J connectivity index is 1.92. The SMILES string of the molecule is CCc1cncc(F)c1-n1c(=O)[nH]c2cnc3cc(SC)c(-c4cnn(C)c4)cc3c21. The van der Waals surface area contributed by atoms with Crippen LogP contribution in [0.15, 0.2) is 52.8 Å². The van der Waals surface area contributed by atoms with Gasteiger partial charge in [0.1, 0.15) is 0 Å². The van der Waals surface area contributed by atoms with Crippen molar-refractivity contribution in [3.8, 4) is 16.8 Å². The van der Waals surface area contributed by atoms with E-state index in [1.807, 2.05) is 38.6 Å². The van der Waals surface area contributed by atoms with Gasteiger partial charge in [0, 0.05) is 35.3 Å². The molecule has 0 aliphatic rings. The molecule has 0 saturated carbocycles. The summed E-state index contributed by atoms with van der Waals surface area (Å²) in [5.41, 5.74) is 4.26. The fraction of sp³-hybridized carbons (Fsp3) is 0.182. The summed E-state index contributed by atoms with van der Waals surface area (Å²) < 4.78 is 18.1. The summed E-state index contributed by atoms with van der Waals surface area (Å²) in [6, 6.07) is 4.00.